The first kappa shape index (κ1) is 38.5. The first-order chi connectivity index (χ1) is 19.7. The molecule has 42 heavy (non-hydrogen) atoms. The summed E-state index contributed by atoms with van der Waals surface area (Å²) in [4.78, 5) is 35.9. The molecule has 0 fully saturated rings. The van der Waals surface area contributed by atoms with Crippen molar-refractivity contribution in [2.75, 3.05) is 33.3 Å². The SMILES string of the molecule is C=C(C)C(=O)OCCNC(=O)NCCCCCCC(C)(C)N=C(N)NC(N)=NCCCCCCC(C)(C)NC(N)=NC. The van der Waals surface area contributed by atoms with E-state index in [1.165, 1.54) is 0 Å². The summed E-state index contributed by atoms with van der Waals surface area (Å²) in [6, 6.07) is -0.278. The van der Waals surface area contributed by atoms with E-state index in [-0.39, 0.29) is 42.2 Å². The topological polar surface area (TPSA) is 207 Å². The van der Waals surface area contributed by atoms with Crippen LogP contribution in [0, 0.1) is 0 Å². The average Bonchev–Trinajstić information content (AvgIpc) is 2.88. The van der Waals surface area contributed by atoms with Crippen LogP contribution in [0.1, 0.15) is 98.8 Å². The number of rotatable bonds is 20. The Bertz CT molecular complexity index is 913. The molecule has 0 rings (SSSR count). The van der Waals surface area contributed by atoms with E-state index in [0.29, 0.717) is 24.6 Å². The number of amides is 2. The van der Waals surface area contributed by atoms with Gasteiger partial charge in [-0.2, -0.15) is 0 Å². The molecule has 0 spiro atoms. The summed E-state index contributed by atoms with van der Waals surface area (Å²) in [5.74, 6) is 0.536. The number of unbranched alkanes of at least 4 members (excludes halogenated alkanes) is 6. The van der Waals surface area contributed by atoms with E-state index in [2.05, 4.69) is 56.7 Å². The zero-order valence-electron chi connectivity index (χ0n) is 26.9. The summed E-state index contributed by atoms with van der Waals surface area (Å²) in [5, 5.41) is 11.6. The van der Waals surface area contributed by atoms with Crippen molar-refractivity contribution in [3.63, 3.8) is 0 Å². The monoisotopic (exact) mass is 594 g/mol. The van der Waals surface area contributed by atoms with Crippen LogP contribution in [0.2, 0.25) is 0 Å². The standard InChI is InChI=1S/C29H58N10O3/c1-22(2)23(40)42-21-20-36-27(41)35-19-15-11-9-13-17-29(5,6)39-26(32)37-25(31)34-18-14-10-8-12-16-28(3,4)38-24(30)33-7/h1,8-21H2,2-7H3,(H3,30,33,38)(H2,35,36,41)(H5,31,32,34,37,39). The van der Waals surface area contributed by atoms with Crippen molar-refractivity contribution in [3.8, 4) is 0 Å². The molecule has 0 bridgehead atoms. The maximum absolute atomic E-state index is 11.8. The Morgan fingerprint density at radius 3 is 2.05 bits per heavy atom. The van der Waals surface area contributed by atoms with Gasteiger partial charge in [0.1, 0.15) is 6.61 Å². The molecule has 2 amide bonds. The average molecular weight is 595 g/mol. The summed E-state index contributed by atoms with van der Waals surface area (Å²) in [6.45, 7) is 15.0. The van der Waals surface area contributed by atoms with Crippen molar-refractivity contribution in [2.24, 2.45) is 32.2 Å². The van der Waals surface area contributed by atoms with Crippen molar-refractivity contribution >= 4 is 29.9 Å². The van der Waals surface area contributed by atoms with Crippen LogP contribution >= 0.6 is 0 Å². The van der Waals surface area contributed by atoms with Gasteiger partial charge < -0.3 is 37.9 Å². The number of esters is 1. The normalized spacial score (nSPS) is 13.0. The summed E-state index contributed by atoms with van der Waals surface area (Å²) in [6.07, 6.45) is 9.96. The van der Waals surface area contributed by atoms with E-state index < -0.39 is 5.97 Å². The fraction of sp³-hybridized carbons (Fsp3) is 0.759. The summed E-state index contributed by atoms with van der Waals surface area (Å²) < 4.78 is 4.92. The minimum absolute atomic E-state index is 0.0788. The van der Waals surface area contributed by atoms with Gasteiger partial charge in [-0.15, -0.1) is 0 Å². The maximum atomic E-state index is 11.8. The number of nitrogens with two attached hydrogens (primary N) is 3. The van der Waals surface area contributed by atoms with Gasteiger partial charge in [-0.05, 0) is 60.3 Å². The molecule has 0 aliphatic rings. The van der Waals surface area contributed by atoms with Gasteiger partial charge >= 0.3 is 12.0 Å². The molecule has 0 saturated carbocycles. The first-order valence-electron chi connectivity index (χ1n) is 14.9. The van der Waals surface area contributed by atoms with E-state index in [4.69, 9.17) is 21.9 Å². The Morgan fingerprint density at radius 2 is 1.40 bits per heavy atom. The van der Waals surface area contributed by atoms with Gasteiger partial charge in [0.25, 0.3) is 0 Å². The predicted molar refractivity (Wildman–Crippen MR) is 173 cm³/mol. The Balaban J connectivity index is 4.02. The highest BCUT2D eigenvalue weighted by Gasteiger charge is 2.18. The van der Waals surface area contributed by atoms with Crippen LogP contribution in [0.15, 0.2) is 27.1 Å². The third-order valence-corrected chi connectivity index (χ3v) is 6.35. The quantitative estimate of drug-likeness (QED) is 0.0366. The van der Waals surface area contributed by atoms with Crippen molar-refractivity contribution in [1.29, 1.82) is 0 Å². The number of carbonyl (C=O) groups excluding carboxylic acids is 2. The molecule has 0 aromatic heterocycles. The molecule has 10 N–H and O–H groups in total. The number of hydrogen-bond donors (Lipinski definition) is 7. The second kappa shape index (κ2) is 21.2. The summed E-state index contributed by atoms with van der Waals surface area (Å²) in [5.41, 5.74) is 17.7. The Morgan fingerprint density at radius 1 is 0.810 bits per heavy atom. The Kier molecular flexibility index (Phi) is 19.5. The number of ether oxygens (including phenoxy) is 1. The molecular formula is C29H58N10O3. The fourth-order valence-corrected chi connectivity index (χ4v) is 4.01. The van der Waals surface area contributed by atoms with Gasteiger partial charge in [0.2, 0.25) is 0 Å². The number of nitrogens with one attached hydrogen (secondary N) is 4. The lowest BCUT2D eigenvalue weighted by atomic mass is 9.96. The molecule has 13 nitrogen and oxygen atoms in total. The lowest BCUT2D eigenvalue weighted by Gasteiger charge is -2.26. The smallest absolute Gasteiger partial charge is 0.333 e. The largest absolute Gasteiger partial charge is 0.460 e. The molecule has 0 heterocycles. The van der Waals surface area contributed by atoms with Gasteiger partial charge in [-0.25, -0.2) is 14.6 Å². The number of nitrogens with zero attached hydrogens (tertiary/aromatic N) is 3. The number of guanidine groups is 3. The molecule has 242 valence electrons. The van der Waals surface area contributed by atoms with E-state index in [1.807, 2.05) is 13.8 Å². The zero-order valence-corrected chi connectivity index (χ0v) is 26.9. The van der Waals surface area contributed by atoms with Crippen LogP contribution in [-0.4, -0.2) is 74.2 Å². The van der Waals surface area contributed by atoms with Gasteiger partial charge in [0, 0.05) is 31.2 Å². The molecule has 0 atom stereocenters. The second-order valence-electron chi connectivity index (χ2n) is 11.7. The van der Waals surface area contributed by atoms with Gasteiger partial charge in [0.05, 0.1) is 12.1 Å². The molecule has 13 heteroatoms. The molecule has 0 aromatic rings. The van der Waals surface area contributed by atoms with Gasteiger partial charge in [-0.1, -0.05) is 45.1 Å². The molecule has 0 radical (unpaired) electrons. The van der Waals surface area contributed by atoms with E-state index in [9.17, 15) is 9.59 Å². The maximum Gasteiger partial charge on any atom is 0.333 e. The van der Waals surface area contributed by atoms with E-state index >= 15 is 0 Å². The van der Waals surface area contributed by atoms with Gasteiger partial charge in [-0.3, -0.25) is 15.3 Å². The van der Waals surface area contributed by atoms with Crippen LogP contribution in [0.25, 0.3) is 0 Å². The van der Waals surface area contributed by atoms with Crippen LogP contribution < -0.4 is 38.5 Å². The third-order valence-electron chi connectivity index (χ3n) is 6.35. The number of carbonyl (C=O) groups is 2. The van der Waals surface area contributed by atoms with Crippen molar-refractivity contribution in [2.45, 2.75) is 110 Å². The van der Waals surface area contributed by atoms with E-state index in [0.717, 1.165) is 64.2 Å². The van der Waals surface area contributed by atoms with Crippen LogP contribution in [0.3, 0.4) is 0 Å². The second-order valence-corrected chi connectivity index (χ2v) is 11.7. The lowest BCUT2D eigenvalue weighted by Crippen LogP contribution is -2.47. The van der Waals surface area contributed by atoms with Crippen LogP contribution in [0.5, 0.6) is 0 Å². The zero-order chi connectivity index (χ0) is 32.0. The van der Waals surface area contributed by atoms with Crippen molar-refractivity contribution in [1.82, 2.24) is 21.3 Å². The molecule has 0 saturated heterocycles. The molecule has 0 aliphatic heterocycles. The number of urea groups is 1. The first-order valence-corrected chi connectivity index (χ1v) is 14.9. The van der Waals surface area contributed by atoms with Crippen LogP contribution in [-0.2, 0) is 9.53 Å². The Labute approximate surface area is 253 Å². The van der Waals surface area contributed by atoms with Crippen molar-refractivity contribution in [3.05, 3.63) is 12.2 Å². The highest BCUT2D eigenvalue weighted by Crippen LogP contribution is 2.19. The molecule has 0 aromatic carbocycles. The van der Waals surface area contributed by atoms with Crippen LogP contribution in [0.4, 0.5) is 4.79 Å². The minimum Gasteiger partial charge on any atom is -0.460 e. The number of hydrogen-bond acceptors (Lipinski definition) is 6. The summed E-state index contributed by atoms with van der Waals surface area (Å²) in [7, 11) is 1.68. The molecule has 0 aliphatic carbocycles. The highest BCUT2D eigenvalue weighted by atomic mass is 16.5. The molecule has 0 unspecified atom stereocenters. The summed E-state index contributed by atoms with van der Waals surface area (Å²) >= 11 is 0. The minimum atomic E-state index is -0.463. The number of aliphatic imine (C=N–C) groups is 3. The fourth-order valence-electron chi connectivity index (χ4n) is 4.01. The Hall–Kier alpha value is -3.51. The van der Waals surface area contributed by atoms with Crippen molar-refractivity contribution < 1.29 is 14.3 Å². The van der Waals surface area contributed by atoms with E-state index in [1.54, 1.807) is 14.0 Å². The lowest BCUT2D eigenvalue weighted by molar-refractivity contribution is -0.138. The predicted octanol–water partition coefficient (Wildman–Crippen LogP) is 2.62. The third kappa shape index (κ3) is 22.2. The van der Waals surface area contributed by atoms with Gasteiger partial charge in [0.15, 0.2) is 17.9 Å². The molecular weight excluding hydrogens is 536 g/mol. The highest BCUT2D eigenvalue weighted by molar-refractivity contribution is 5.97.